The average molecular weight is 465 g/mol. The third-order valence-corrected chi connectivity index (χ3v) is 7.20. The second-order valence-corrected chi connectivity index (χ2v) is 8.97. The summed E-state index contributed by atoms with van der Waals surface area (Å²) in [5, 5.41) is 7.56. The number of benzene rings is 1. The number of nitrogens with two attached hydrogens (primary N) is 1. The van der Waals surface area contributed by atoms with Crippen LogP contribution in [0.25, 0.3) is 11.2 Å². The minimum Gasteiger partial charge on any atom is -0.434 e. The van der Waals surface area contributed by atoms with E-state index in [1.54, 1.807) is 18.2 Å². The molecule has 9 nitrogen and oxygen atoms in total. The minimum atomic E-state index is -0.313. The van der Waals surface area contributed by atoms with E-state index in [0.29, 0.717) is 47.5 Å². The topological polar surface area (TPSA) is 122 Å². The number of piperidine rings is 1. The SMILES string of the molecule is C[C@@H]1OCC2(CCN(c3nc4[nH]nc(Oc5cccc(Cl)c5Cl)c4[nH]c3=O)CC2)[C@@H]1N. The number of rotatable bonds is 3. The largest absolute Gasteiger partial charge is 0.434 e. The molecule has 0 unspecified atom stereocenters. The quantitative estimate of drug-likeness (QED) is 0.544. The molecule has 31 heavy (non-hydrogen) atoms. The molecule has 2 aliphatic rings. The Hall–Kier alpha value is -2.33. The standard InChI is InChI=1S/C20H22Cl2N6O3/c1-10-15(23)20(9-30-10)5-7-28(8-6-20)17-18(29)24-14-16(25-17)26-27-19(14)31-12-4-2-3-11(21)13(12)22/h2-4,10,15H,5-9,23H2,1H3,(H,24,29)(H,25,26,27)/t10-,15+/m0/s1. The molecule has 2 atom stereocenters. The van der Waals surface area contributed by atoms with Gasteiger partial charge in [-0.15, -0.1) is 5.10 Å². The zero-order valence-electron chi connectivity index (χ0n) is 16.8. The normalized spacial score (nSPS) is 23.0. The van der Waals surface area contributed by atoms with Gasteiger partial charge in [0.1, 0.15) is 10.8 Å². The molecule has 0 aliphatic carbocycles. The molecule has 0 bridgehead atoms. The highest BCUT2D eigenvalue weighted by Crippen LogP contribution is 2.41. The summed E-state index contributed by atoms with van der Waals surface area (Å²) in [5.74, 6) is 0.841. The molecular formula is C20H22Cl2N6O3. The lowest BCUT2D eigenvalue weighted by Crippen LogP contribution is -2.51. The van der Waals surface area contributed by atoms with Gasteiger partial charge in [0.15, 0.2) is 17.0 Å². The summed E-state index contributed by atoms with van der Waals surface area (Å²) in [6, 6.07) is 5.04. The predicted molar refractivity (Wildman–Crippen MR) is 118 cm³/mol. The van der Waals surface area contributed by atoms with Crippen molar-refractivity contribution in [2.45, 2.75) is 31.9 Å². The Bertz CT molecular complexity index is 1190. The number of ether oxygens (including phenoxy) is 2. The van der Waals surface area contributed by atoms with E-state index in [9.17, 15) is 4.79 Å². The van der Waals surface area contributed by atoms with Gasteiger partial charge in [-0.25, -0.2) is 4.98 Å². The van der Waals surface area contributed by atoms with Gasteiger partial charge in [0.05, 0.1) is 17.7 Å². The van der Waals surface area contributed by atoms with E-state index in [0.717, 1.165) is 12.8 Å². The number of hydrogen-bond acceptors (Lipinski definition) is 7. The number of halogens is 2. The maximum absolute atomic E-state index is 12.8. The van der Waals surface area contributed by atoms with Crippen LogP contribution in [0, 0.1) is 5.41 Å². The number of nitrogens with one attached hydrogen (secondary N) is 2. The van der Waals surface area contributed by atoms with Crippen molar-refractivity contribution in [3.05, 3.63) is 38.6 Å². The van der Waals surface area contributed by atoms with Gasteiger partial charge in [-0.1, -0.05) is 29.3 Å². The van der Waals surface area contributed by atoms with Crippen molar-refractivity contribution >= 4 is 40.2 Å². The summed E-state index contributed by atoms with van der Waals surface area (Å²) in [7, 11) is 0. The van der Waals surface area contributed by atoms with Crippen molar-refractivity contribution < 1.29 is 9.47 Å². The molecule has 2 saturated heterocycles. The molecule has 4 N–H and O–H groups in total. The Labute approximate surface area is 187 Å². The van der Waals surface area contributed by atoms with Crippen LogP contribution in [0.15, 0.2) is 23.0 Å². The number of aromatic amines is 2. The van der Waals surface area contributed by atoms with Gasteiger partial charge in [-0.2, -0.15) is 0 Å². The van der Waals surface area contributed by atoms with Gasteiger partial charge in [0.2, 0.25) is 0 Å². The maximum Gasteiger partial charge on any atom is 0.291 e. The van der Waals surface area contributed by atoms with Crippen LogP contribution in [0.5, 0.6) is 11.6 Å². The molecule has 0 radical (unpaired) electrons. The minimum absolute atomic E-state index is 0.00834. The van der Waals surface area contributed by atoms with Crippen molar-refractivity contribution in [2.24, 2.45) is 11.1 Å². The lowest BCUT2D eigenvalue weighted by molar-refractivity contribution is 0.0974. The Kier molecular flexibility index (Phi) is 5.09. The number of fused-ring (bicyclic) bond motifs is 1. The molecule has 5 rings (SSSR count). The Balaban J connectivity index is 1.39. The number of anilines is 1. The monoisotopic (exact) mass is 464 g/mol. The van der Waals surface area contributed by atoms with Crippen LogP contribution in [-0.2, 0) is 4.74 Å². The van der Waals surface area contributed by atoms with Crippen molar-refractivity contribution in [3.63, 3.8) is 0 Å². The molecule has 2 aliphatic heterocycles. The Morgan fingerprint density at radius 1 is 1.32 bits per heavy atom. The van der Waals surface area contributed by atoms with Crippen molar-refractivity contribution in [1.82, 2.24) is 20.2 Å². The van der Waals surface area contributed by atoms with Crippen LogP contribution in [0.4, 0.5) is 5.82 Å². The number of nitrogens with zero attached hydrogens (tertiary/aromatic N) is 3. The smallest absolute Gasteiger partial charge is 0.291 e. The molecule has 11 heteroatoms. The van der Waals surface area contributed by atoms with Gasteiger partial charge < -0.3 is 25.1 Å². The molecule has 3 aromatic rings. The van der Waals surface area contributed by atoms with E-state index >= 15 is 0 Å². The second-order valence-electron chi connectivity index (χ2n) is 8.19. The number of aromatic nitrogens is 4. The van der Waals surface area contributed by atoms with Gasteiger partial charge in [-0.05, 0) is 31.9 Å². The summed E-state index contributed by atoms with van der Waals surface area (Å²) >= 11 is 12.2. The molecule has 0 saturated carbocycles. The van der Waals surface area contributed by atoms with Gasteiger partial charge in [0.25, 0.3) is 11.4 Å². The third-order valence-electron chi connectivity index (χ3n) is 6.40. The lowest BCUT2D eigenvalue weighted by atomic mass is 9.73. The van der Waals surface area contributed by atoms with Crippen molar-refractivity contribution in [3.8, 4) is 11.6 Å². The summed E-state index contributed by atoms with van der Waals surface area (Å²) in [6.45, 7) is 4.04. The number of hydrogen-bond donors (Lipinski definition) is 3. The fourth-order valence-corrected chi connectivity index (χ4v) is 4.76. The molecular weight excluding hydrogens is 443 g/mol. The van der Waals surface area contributed by atoms with Crippen LogP contribution in [0.1, 0.15) is 19.8 Å². The molecule has 4 heterocycles. The summed E-state index contributed by atoms with van der Waals surface area (Å²) in [4.78, 5) is 22.2. The Morgan fingerprint density at radius 2 is 2.10 bits per heavy atom. The van der Waals surface area contributed by atoms with Crippen LogP contribution < -0.4 is 20.9 Å². The fourth-order valence-electron chi connectivity index (χ4n) is 4.43. The maximum atomic E-state index is 12.8. The van der Waals surface area contributed by atoms with Gasteiger partial charge >= 0.3 is 0 Å². The zero-order valence-corrected chi connectivity index (χ0v) is 18.3. The van der Waals surface area contributed by atoms with E-state index in [1.165, 1.54) is 0 Å². The highest BCUT2D eigenvalue weighted by Gasteiger charge is 2.47. The molecule has 1 spiro atoms. The first-order valence-electron chi connectivity index (χ1n) is 10.1. The first-order chi connectivity index (χ1) is 14.9. The molecule has 0 amide bonds. The van der Waals surface area contributed by atoms with Crippen molar-refractivity contribution in [1.29, 1.82) is 0 Å². The average Bonchev–Trinajstić information content (AvgIpc) is 3.27. The molecule has 2 fully saturated rings. The van der Waals surface area contributed by atoms with Crippen LogP contribution in [0.3, 0.4) is 0 Å². The summed E-state index contributed by atoms with van der Waals surface area (Å²) in [6.07, 6.45) is 1.76. The van der Waals surface area contributed by atoms with Crippen molar-refractivity contribution in [2.75, 3.05) is 24.6 Å². The van der Waals surface area contributed by atoms with E-state index in [4.69, 9.17) is 38.4 Å². The highest BCUT2D eigenvalue weighted by atomic mass is 35.5. The van der Waals surface area contributed by atoms with E-state index < -0.39 is 0 Å². The van der Waals surface area contributed by atoms with Crippen LogP contribution >= 0.6 is 23.2 Å². The lowest BCUT2D eigenvalue weighted by Gasteiger charge is -2.41. The second kappa shape index (κ2) is 7.67. The third kappa shape index (κ3) is 3.45. The molecule has 164 valence electrons. The first kappa shape index (κ1) is 20.6. The molecule has 2 aromatic heterocycles. The van der Waals surface area contributed by atoms with E-state index in [2.05, 4.69) is 20.2 Å². The fraction of sp³-hybridized carbons (Fsp3) is 0.450. The predicted octanol–water partition coefficient (Wildman–Crippen LogP) is 3.08. The van der Waals surface area contributed by atoms with Crippen LogP contribution in [0.2, 0.25) is 10.0 Å². The Morgan fingerprint density at radius 3 is 2.81 bits per heavy atom. The van der Waals surface area contributed by atoms with Gasteiger partial charge in [-0.3, -0.25) is 9.89 Å². The summed E-state index contributed by atoms with van der Waals surface area (Å²) < 4.78 is 11.5. The van der Waals surface area contributed by atoms with E-state index in [-0.39, 0.29) is 34.0 Å². The number of H-pyrrole nitrogens is 2. The van der Waals surface area contributed by atoms with E-state index in [1.807, 2.05) is 11.8 Å². The highest BCUT2D eigenvalue weighted by molar-refractivity contribution is 6.42. The first-order valence-corrected chi connectivity index (χ1v) is 10.9. The zero-order chi connectivity index (χ0) is 21.8. The summed E-state index contributed by atoms with van der Waals surface area (Å²) in [5.41, 5.74) is 6.82. The van der Waals surface area contributed by atoms with Crippen LogP contribution in [-0.4, -0.2) is 52.0 Å². The van der Waals surface area contributed by atoms with Gasteiger partial charge in [0, 0.05) is 24.5 Å². The molecule has 1 aromatic carbocycles.